The molecule has 0 amide bonds. The number of ketones is 1. The van der Waals surface area contributed by atoms with Crippen LogP contribution in [0.25, 0.3) is 0 Å². The van der Waals surface area contributed by atoms with Gasteiger partial charge in [-0.15, -0.1) is 23.2 Å². The van der Waals surface area contributed by atoms with Gasteiger partial charge in [-0.1, -0.05) is 18.2 Å². The van der Waals surface area contributed by atoms with E-state index in [4.69, 9.17) is 23.2 Å². The van der Waals surface area contributed by atoms with Crippen LogP contribution >= 0.6 is 23.2 Å². The SMILES string of the molecule is CC1=CC(=O)[C@@H](Cl)[C@H](Cl)C1=NS(=O)(=O)c1ccccc1. The summed E-state index contributed by atoms with van der Waals surface area (Å²) in [6.45, 7) is 1.58. The minimum atomic E-state index is -3.87. The maximum Gasteiger partial charge on any atom is 0.282 e. The highest BCUT2D eigenvalue weighted by molar-refractivity contribution is 7.90. The van der Waals surface area contributed by atoms with Gasteiger partial charge >= 0.3 is 0 Å². The molecule has 1 aliphatic rings. The summed E-state index contributed by atoms with van der Waals surface area (Å²) in [7, 11) is -3.87. The van der Waals surface area contributed by atoms with Crippen molar-refractivity contribution in [2.24, 2.45) is 4.40 Å². The molecule has 106 valence electrons. The van der Waals surface area contributed by atoms with Crippen LogP contribution in [0.15, 0.2) is 51.3 Å². The number of sulfonamides is 1. The van der Waals surface area contributed by atoms with E-state index < -0.39 is 20.8 Å². The van der Waals surface area contributed by atoms with Gasteiger partial charge < -0.3 is 0 Å². The van der Waals surface area contributed by atoms with Crippen LogP contribution in [0.3, 0.4) is 0 Å². The van der Waals surface area contributed by atoms with Crippen LogP contribution in [-0.2, 0) is 14.8 Å². The van der Waals surface area contributed by atoms with Gasteiger partial charge in [0, 0.05) is 0 Å². The minimum Gasteiger partial charge on any atom is -0.293 e. The second kappa shape index (κ2) is 5.68. The van der Waals surface area contributed by atoms with Gasteiger partial charge in [-0.25, -0.2) is 0 Å². The van der Waals surface area contributed by atoms with Crippen molar-refractivity contribution in [3.63, 3.8) is 0 Å². The van der Waals surface area contributed by atoms with Crippen molar-refractivity contribution in [2.75, 3.05) is 0 Å². The number of hydrogen-bond donors (Lipinski definition) is 0. The number of halogens is 2. The van der Waals surface area contributed by atoms with Crippen LogP contribution in [-0.4, -0.2) is 30.7 Å². The molecule has 2 rings (SSSR count). The number of nitrogens with zero attached hydrogens (tertiary/aromatic N) is 1. The summed E-state index contributed by atoms with van der Waals surface area (Å²) >= 11 is 11.9. The normalized spacial score (nSPS) is 25.6. The zero-order chi connectivity index (χ0) is 14.9. The summed E-state index contributed by atoms with van der Waals surface area (Å²) < 4.78 is 28.1. The molecule has 0 saturated heterocycles. The molecule has 1 aliphatic carbocycles. The van der Waals surface area contributed by atoms with Crippen molar-refractivity contribution in [1.29, 1.82) is 0 Å². The molecule has 0 unspecified atom stereocenters. The van der Waals surface area contributed by atoms with Crippen molar-refractivity contribution in [1.82, 2.24) is 0 Å². The fraction of sp³-hybridized carbons (Fsp3) is 0.231. The fourth-order valence-electron chi connectivity index (χ4n) is 1.76. The highest BCUT2D eigenvalue weighted by Crippen LogP contribution is 2.25. The lowest BCUT2D eigenvalue weighted by molar-refractivity contribution is -0.114. The van der Waals surface area contributed by atoms with Gasteiger partial charge in [-0.2, -0.15) is 12.8 Å². The third-order valence-electron chi connectivity index (χ3n) is 2.81. The Hall–Kier alpha value is -1.17. The molecule has 0 heterocycles. The molecule has 4 nitrogen and oxygen atoms in total. The second-order valence-electron chi connectivity index (χ2n) is 4.30. The summed E-state index contributed by atoms with van der Waals surface area (Å²) in [6.07, 6.45) is 1.26. The predicted octanol–water partition coefficient (Wildman–Crippen LogP) is 2.56. The predicted molar refractivity (Wildman–Crippen MR) is 79.1 cm³/mol. The molecule has 1 aromatic carbocycles. The molecular formula is C13H11Cl2NO3S. The Morgan fingerprint density at radius 3 is 2.30 bits per heavy atom. The lowest BCUT2D eigenvalue weighted by Gasteiger charge is -2.21. The van der Waals surface area contributed by atoms with Crippen molar-refractivity contribution < 1.29 is 13.2 Å². The van der Waals surface area contributed by atoms with Crippen LogP contribution in [0.2, 0.25) is 0 Å². The molecule has 1 aromatic rings. The van der Waals surface area contributed by atoms with E-state index in [2.05, 4.69) is 4.40 Å². The van der Waals surface area contributed by atoms with E-state index >= 15 is 0 Å². The van der Waals surface area contributed by atoms with Gasteiger partial charge in [0.1, 0.15) is 10.8 Å². The third-order valence-corrected chi connectivity index (χ3v) is 5.17. The topological polar surface area (TPSA) is 63.6 Å². The maximum absolute atomic E-state index is 12.2. The molecule has 0 saturated carbocycles. The van der Waals surface area contributed by atoms with Gasteiger partial charge in [0.05, 0.1) is 10.6 Å². The zero-order valence-electron chi connectivity index (χ0n) is 10.5. The molecular weight excluding hydrogens is 321 g/mol. The number of rotatable bonds is 2. The number of alkyl halides is 2. The van der Waals surface area contributed by atoms with Crippen molar-refractivity contribution in [2.45, 2.75) is 22.6 Å². The smallest absolute Gasteiger partial charge is 0.282 e. The molecule has 20 heavy (non-hydrogen) atoms. The Morgan fingerprint density at radius 2 is 1.70 bits per heavy atom. The average molecular weight is 332 g/mol. The highest BCUT2D eigenvalue weighted by atomic mass is 35.5. The Morgan fingerprint density at radius 1 is 1.10 bits per heavy atom. The second-order valence-corrected chi connectivity index (χ2v) is 6.84. The van der Waals surface area contributed by atoms with Crippen LogP contribution in [0, 0.1) is 0 Å². The molecule has 7 heteroatoms. The maximum atomic E-state index is 12.2. The summed E-state index contributed by atoms with van der Waals surface area (Å²) in [5.74, 6) is -0.347. The first-order valence-corrected chi connectivity index (χ1v) is 8.05. The fourth-order valence-corrected chi connectivity index (χ4v) is 3.47. The molecule has 0 aliphatic heterocycles. The number of carbonyl (C=O) groups excluding carboxylic acids is 1. The van der Waals surface area contributed by atoms with Gasteiger partial charge in [0.25, 0.3) is 10.0 Å². The molecule has 0 N–H and O–H groups in total. The van der Waals surface area contributed by atoms with Crippen LogP contribution < -0.4 is 0 Å². The van der Waals surface area contributed by atoms with Crippen LogP contribution in [0.5, 0.6) is 0 Å². The monoisotopic (exact) mass is 331 g/mol. The first kappa shape index (κ1) is 15.2. The van der Waals surface area contributed by atoms with Gasteiger partial charge in [-0.3, -0.25) is 4.79 Å². The van der Waals surface area contributed by atoms with Crippen LogP contribution in [0.1, 0.15) is 6.92 Å². The number of carbonyl (C=O) groups is 1. The van der Waals surface area contributed by atoms with E-state index in [0.717, 1.165) is 0 Å². The Labute approximate surface area is 127 Å². The van der Waals surface area contributed by atoms with E-state index in [1.807, 2.05) is 0 Å². The van der Waals surface area contributed by atoms with Crippen molar-refractivity contribution in [3.05, 3.63) is 42.0 Å². The van der Waals surface area contributed by atoms with E-state index in [1.54, 1.807) is 25.1 Å². The number of allylic oxidation sites excluding steroid dienone is 2. The zero-order valence-corrected chi connectivity index (χ0v) is 12.8. The molecule has 0 fully saturated rings. The summed E-state index contributed by atoms with van der Waals surface area (Å²) in [5, 5.41) is -1.97. The lowest BCUT2D eigenvalue weighted by Crippen LogP contribution is -2.36. The molecule has 0 spiro atoms. The summed E-state index contributed by atoms with van der Waals surface area (Å²) in [4.78, 5) is 11.6. The Kier molecular flexibility index (Phi) is 4.32. The van der Waals surface area contributed by atoms with Crippen molar-refractivity contribution >= 4 is 44.7 Å². The van der Waals surface area contributed by atoms with Gasteiger partial charge in [0.2, 0.25) is 0 Å². The largest absolute Gasteiger partial charge is 0.293 e. The van der Waals surface area contributed by atoms with E-state index in [1.165, 1.54) is 18.2 Å². The first-order chi connectivity index (χ1) is 9.33. The minimum absolute atomic E-state index is 0.0622. The average Bonchev–Trinajstić information content (AvgIpc) is 2.42. The molecule has 2 atom stereocenters. The number of benzene rings is 1. The van der Waals surface area contributed by atoms with E-state index in [-0.39, 0.29) is 16.4 Å². The van der Waals surface area contributed by atoms with E-state index in [0.29, 0.717) is 5.57 Å². The standard InChI is InChI=1S/C13H11Cl2NO3S/c1-8-7-10(17)11(14)12(15)13(8)16-20(18,19)9-5-3-2-4-6-9/h2-7,11-12H,1H3/t11-,12+/m1/s1. The first-order valence-electron chi connectivity index (χ1n) is 5.73. The Bertz CT molecular complexity index is 696. The third kappa shape index (κ3) is 2.95. The number of hydrogen-bond acceptors (Lipinski definition) is 3. The van der Waals surface area contributed by atoms with Crippen molar-refractivity contribution in [3.8, 4) is 0 Å². The van der Waals surface area contributed by atoms with Gasteiger partial charge in [0.15, 0.2) is 5.78 Å². The lowest BCUT2D eigenvalue weighted by atomic mass is 9.97. The Balaban J connectivity index is 2.50. The van der Waals surface area contributed by atoms with Gasteiger partial charge in [-0.05, 0) is 30.7 Å². The van der Waals surface area contributed by atoms with E-state index in [9.17, 15) is 13.2 Å². The summed E-state index contributed by atoms with van der Waals surface area (Å²) in [6, 6.07) is 7.78. The molecule has 0 bridgehead atoms. The quantitative estimate of drug-likeness (QED) is 0.782. The highest BCUT2D eigenvalue weighted by Gasteiger charge is 2.34. The van der Waals surface area contributed by atoms with Crippen LogP contribution in [0.4, 0.5) is 0 Å². The molecule has 0 radical (unpaired) electrons. The summed E-state index contributed by atoms with van der Waals surface area (Å²) in [5.41, 5.74) is 0.515. The molecule has 0 aromatic heterocycles.